The molecule has 3 aliphatic rings. The highest BCUT2D eigenvalue weighted by molar-refractivity contribution is 6.05. The number of nitrogens with zero attached hydrogens (tertiary/aromatic N) is 4. The van der Waals surface area contributed by atoms with Crippen LogP contribution in [0.5, 0.6) is 5.75 Å². The van der Waals surface area contributed by atoms with E-state index < -0.39 is 11.7 Å². The largest absolute Gasteiger partial charge is 0.496 e. The molecule has 0 unspecified atom stereocenters. The van der Waals surface area contributed by atoms with Crippen molar-refractivity contribution in [3.05, 3.63) is 71.7 Å². The third kappa shape index (κ3) is 5.52. The Morgan fingerprint density at radius 1 is 0.977 bits per heavy atom. The molecule has 9 heteroatoms. The summed E-state index contributed by atoms with van der Waals surface area (Å²) in [5.74, 6) is 0.0644. The number of aromatic nitrogens is 3. The highest BCUT2D eigenvalue weighted by Crippen LogP contribution is 2.38. The average Bonchev–Trinajstić information content (AvgIpc) is 3.83. The monoisotopic (exact) mass is 583 g/mol. The zero-order chi connectivity index (χ0) is 29.5. The second-order valence-corrected chi connectivity index (χ2v) is 12.2. The summed E-state index contributed by atoms with van der Waals surface area (Å²) in [5, 5.41) is 13.1. The van der Waals surface area contributed by atoms with Crippen LogP contribution in [-0.4, -0.2) is 62.8 Å². The van der Waals surface area contributed by atoms with Crippen molar-refractivity contribution in [3.8, 4) is 17.0 Å². The standard InChI is InChI=1S/C34H38FN5O3/c1-43-30-5-3-2-4-26(30)32-31(35)27(14-17-36-32)33(42)38-34-37-28-20-22(21-15-18-39(19-16-21)23-7-8-23)6-13-29(28)40(34)24-9-11-25(41)12-10-24/h2-6,13-14,17,20-21,23-25,41H,7-12,15-16,18-19H2,1H3,(H,37,38,42)/t24-,25+. The van der Waals surface area contributed by atoms with E-state index in [1.54, 1.807) is 24.3 Å². The first-order valence-corrected chi connectivity index (χ1v) is 15.5. The van der Waals surface area contributed by atoms with Crippen LogP contribution in [0.4, 0.5) is 10.3 Å². The first-order valence-electron chi connectivity index (χ1n) is 15.5. The number of carbonyl (C=O) groups is 1. The lowest BCUT2D eigenvalue weighted by Gasteiger charge is -2.32. The third-order valence-electron chi connectivity index (χ3n) is 9.53. The molecule has 2 aliphatic carbocycles. The van der Waals surface area contributed by atoms with Gasteiger partial charge in [0.05, 0.1) is 29.8 Å². The highest BCUT2D eigenvalue weighted by atomic mass is 19.1. The van der Waals surface area contributed by atoms with E-state index in [0.29, 0.717) is 36.0 Å². The Hall–Kier alpha value is -3.82. The van der Waals surface area contributed by atoms with Gasteiger partial charge >= 0.3 is 0 Å². The topological polar surface area (TPSA) is 92.5 Å². The number of para-hydroxylation sites is 1. The number of amides is 1. The summed E-state index contributed by atoms with van der Waals surface area (Å²) in [7, 11) is 1.52. The maximum atomic E-state index is 15.8. The zero-order valence-corrected chi connectivity index (χ0v) is 24.5. The molecule has 1 amide bonds. The number of ether oxygens (including phenoxy) is 1. The van der Waals surface area contributed by atoms with Crippen LogP contribution in [-0.2, 0) is 0 Å². The van der Waals surface area contributed by atoms with Crippen molar-refractivity contribution in [1.29, 1.82) is 0 Å². The number of rotatable bonds is 7. The SMILES string of the molecule is COc1ccccc1-c1nccc(C(=O)Nc2nc3cc(C4CCN(C5CC5)CC4)ccc3n2[C@H]2CC[C@@H](O)CC2)c1F. The van der Waals surface area contributed by atoms with Gasteiger partial charge in [0, 0.05) is 23.8 Å². The normalized spacial score (nSPS) is 21.7. The molecular weight excluding hydrogens is 545 g/mol. The summed E-state index contributed by atoms with van der Waals surface area (Å²) in [4.78, 5) is 25.4. The Morgan fingerprint density at radius 3 is 2.47 bits per heavy atom. The van der Waals surface area contributed by atoms with Crippen molar-refractivity contribution >= 4 is 22.9 Å². The van der Waals surface area contributed by atoms with Crippen molar-refractivity contribution in [2.75, 3.05) is 25.5 Å². The highest BCUT2D eigenvalue weighted by Gasteiger charge is 2.33. The molecule has 3 fully saturated rings. The first-order chi connectivity index (χ1) is 21.0. The van der Waals surface area contributed by atoms with Crippen LogP contribution in [0.3, 0.4) is 0 Å². The van der Waals surface area contributed by atoms with Crippen molar-refractivity contribution in [1.82, 2.24) is 19.4 Å². The summed E-state index contributed by atoms with van der Waals surface area (Å²) >= 11 is 0. The van der Waals surface area contributed by atoms with E-state index in [0.717, 1.165) is 55.8 Å². The predicted molar refractivity (Wildman–Crippen MR) is 164 cm³/mol. The molecular formula is C34H38FN5O3. The van der Waals surface area contributed by atoms with E-state index >= 15 is 4.39 Å². The maximum Gasteiger partial charge on any atom is 0.261 e. The number of pyridine rings is 1. The van der Waals surface area contributed by atoms with Gasteiger partial charge in [-0.3, -0.25) is 15.1 Å². The summed E-state index contributed by atoms with van der Waals surface area (Å²) in [6.45, 7) is 2.28. The van der Waals surface area contributed by atoms with Gasteiger partial charge in [-0.1, -0.05) is 18.2 Å². The minimum atomic E-state index is -0.715. The lowest BCUT2D eigenvalue weighted by atomic mass is 9.89. The summed E-state index contributed by atoms with van der Waals surface area (Å²) in [5.41, 5.74) is 3.47. The number of imidazole rings is 1. The van der Waals surface area contributed by atoms with Gasteiger partial charge in [-0.15, -0.1) is 0 Å². The summed E-state index contributed by atoms with van der Waals surface area (Å²) in [6.07, 6.45) is 9.02. The molecule has 2 aromatic heterocycles. The molecule has 2 N–H and O–H groups in total. The Balaban J connectivity index is 1.20. The fraction of sp³-hybridized carbons (Fsp3) is 0.441. The van der Waals surface area contributed by atoms with Crippen molar-refractivity contribution in [3.63, 3.8) is 0 Å². The van der Waals surface area contributed by atoms with Gasteiger partial charge in [0.2, 0.25) is 5.95 Å². The molecule has 1 aliphatic heterocycles. The van der Waals surface area contributed by atoms with Crippen LogP contribution >= 0.6 is 0 Å². The maximum absolute atomic E-state index is 15.8. The summed E-state index contributed by atoms with van der Waals surface area (Å²) < 4.78 is 23.3. The number of hydrogen-bond acceptors (Lipinski definition) is 6. The number of benzene rings is 2. The van der Waals surface area contributed by atoms with Crippen LogP contribution in [0.1, 0.15) is 79.2 Å². The molecule has 43 heavy (non-hydrogen) atoms. The number of anilines is 1. The van der Waals surface area contributed by atoms with Crippen LogP contribution in [0.2, 0.25) is 0 Å². The lowest BCUT2D eigenvalue weighted by molar-refractivity contribution is 0.101. The Labute approximate surface area is 250 Å². The minimum Gasteiger partial charge on any atom is -0.496 e. The second-order valence-electron chi connectivity index (χ2n) is 12.2. The fourth-order valence-electron chi connectivity index (χ4n) is 7.00. The van der Waals surface area contributed by atoms with Crippen molar-refractivity contribution < 1.29 is 19.0 Å². The number of likely N-dealkylation sites (tertiary alicyclic amines) is 1. The van der Waals surface area contributed by atoms with Crippen LogP contribution in [0.15, 0.2) is 54.7 Å². The van der Waals surface area contributed by atoms with E-state index in [9.17, 15) is 9.90 Å². The number of hydrogen-bond donors (Lipinski definition) is 2. The Morgan fingerprint density at radius 2 is 1.72 bits per heavy atom. The minimum absolute atomic E-state index is 0.0530. The van der Waals surface area contributed by atoms with E-state index in [4.69, 9.17) is 9.72 Å². The second kappa shape index (κ2) is 11.7. The number of carbonyl (C=O) groups excluding carboxylic acids is 1. The van der Waals surface area contributed by atoms with Crippen LogP contribution in [0, 0.1) is 5.82 Å². The van der Waals surface area contributed by atoms with E-state index in [2.05, 4.69) is 38.0 Å². The van der Waals surface area contributed by atoms with E-state index in [1.165, 1.54) is 37.8 Å². The van der Waals surface area contributed by atoms with Gasteiger partial charge < -0.3 is 19.3 Å². The number of fused-ring (bicyclic) bond motifs is 1. The molecule has 224 valence electrons. The molecule has 0 bridgehead atoms. The van der Waals surface area contributed by atoms with Crippen molar-refractivity contribution in [2.45, 2.75) is 75.5 Å². The molecule has 8 nitrogen and oxygen atoms in total. The Bertz CT molecular complexity index is 1630. The molecule has 2 saturated carbocycles. The number of aliphatic hydroxyl groups excluding tert-OH is 1. The lowest BCUT2D eigenvalue weighted by Crippen LogP contribution is -2.34. The Kier molecular flexibility index (Phi) is 7.61. The van der Waals surface area contributed by atoms with Crippen LogP contribution in [0.25, 0.3) is 22.3 Å². The number of methoxy groups -OCH3 is 1. The number of aliphatic hydroxyl groups is 1. The van der Waals surface area contributed by atoms with Gasteiger partial charge in [0.25, 0.3) is 5.91 Å². The number of piperidine rings is 1. The molecule has 0 radical (unpaired) electrons. The summed E-state index contributed by atoms with van der Waals surface area (Å²) in [6, 6.07) is 15.8. The van der Waals surface area contributed by atoms with Gasteiger partial charge in [-0.2, -0.15) is 0 Å². The number of halogens is 1. The molecule has 2 aromatic carbocycles. The zero-order valence-electron chi connectivity index (χ0n) is 24.5. The van der Waals surface area contributed by atoms with Gasteiger partial charge in [-0.25, -0.2) is 9.37 Å². The number of nitrogens with one attached hydrogen (secondary N) is 1. The average molecular weight is 584 g/mol. The van der Waals surface area contributed by atoms with Gasteiger partial charge in [0.1, 0.15) is 11.4 Å². The molecule has 1 saturated heterocycles. The molecule has 0 spiro atoms. The predicted octanol–water partition coefficient (Wildman–Crippen LogP) is 6.32. The quantitative estimate of drug-likeness (QED) is 0.265. The fourth-order valence-corrected chi connectivity index (χ4v) is 7.00. The van der Waals surface area contributed by atoms with Crippen LogP contribution < -0.4 is 10.1 Å². The first kappa shape index (κ1) is 28.0. The van der Waals surface area contributed by atoms with Gasteiger partial charge in [0.15, 0.2) is 5.82 Å². The molecule has 4 aromatic rings. The molecule has 7 rings (SSSR count). The third-order valence-corrected chi connectivity index (χ3v) is 9.53. The van der Waals surface area contributed by atoms with Gasteiger partial charge in [-0.05, 0) is 106 Å². The molecule has 3 heterocycles. The smallest absolute Gasteiger partial charge is 0.261 e. The molecule has 0 atom stereocenters. The van der Waals surface area contributed by atoms with E-state index in [1.807, 2.05) is 0 Å². The van der Waals surface area contributed by atoms with Crippen molar-refractivity contribution in [2.24, 2.45) is 0 Å². The van der Waals surface area contributed by atoms with E-state index in [-0.39, 0.29) is 23.4 Å².